The van der Waals surface area contributed by atoms with E-state index in [0.717, 1.165) is 37.2 Å². The summed E-state index contributed by atoms with van der Waals surface area (Å²) in [6.07, 6.45) is 3.15. The topological polar surface area (TPSA) is 49.4 Å². The molecule has 0 unspecified atom stereocenters. The van der Waals surface area contributed by atoms with E-state index in [0.29, 0.717) is 23.8 Å². The van der Waals surface area contributed by atoms with Crippen molar-refractivity contribution in [3.8, 4) is 0 Å². The van der Waals surface area contributed by atoms with E-state index < -0.39 is 0 Å². The molecule has 1 heterocycles. The van der Waals surface area contributed by atoms with Gasteiger partial charge in [0, 0.05) is 30.4 Å². The van der Waals surface area contributed by atoms with Crippen LogP contribution >= 0.6 is 11.8 Å². The lowest BCUT2D eigenvalue weighted by atomic mass is 9.96. The summed E-state index contributed by atoms with van der Waals surface area (Å²) in [5.41, 5.74) is 1.88. The molecule has 2 aromatic rings. The highest BCUT2D eigenvalue weighted by Crippen LogP contribution is 2.24. The van der Waals surface area contributed by atoms with Crippen molar-refractivity contribution in [1.29, 1.82) is 0 Å². The molecular weight excluding hydrogens is 368 g/mol. The largest absolute Gasteiger partial charge is 0.351 e. The molecule has 0 aliphatic carbocycles. The second-order valence-corrected chi connectivity index (χ2v) is 8.12. The number of carbonyl (C=O) groups excluding carboxylic acids is 2. The number of rotatable bonds is 8. The summed E-state index contributed by atoms with van der Waals surface area (Å²) in [6, 6.07) is 17.8. The Hall–Kier alpha value is -2.27. The van der Waals surface area contributed by atoms with Gasteiger partial charge in [-0.3, -0.25) is 9.59 Å². The van der Waals surface area contributed by atoms with Crippen molar-refractivity contribution in [1.82, 2.24) is 10.2 Å². The highest BCUT2D eigenvalue weighted by atomic mass is 32.2. The van der Waals surface area contributed by atoms with E-state index in [1.807, 2.05) is 47.4 Å². The fourth-order valence-electron chi connectivity index (χ4n) is 3.51. The molecule has 0 aromatic heterocycles. The smallest absolute Gasteiger partial charge is 0.252 e. The molecule has 3 rings (SSSR count). The first-order chi connectivity index (χ1) is 13.7. The number of benzene rings is 2. The zero-order valence-electron chi connectivity index (χ0n) is 16.4. The fourth-order valence-corrected chi connectivity index (χ4v) is 4.46. The predicted octanol–water partition coefficient (Wildman–Crippen LogP) is 4.32. The van der Waals surface area contributed by atoms with Gasteiger partial charge in [-0.05, 0) is 37.0 Å². The van der Waals surface area contributed by atoms with Crippen LogP contribution in [0.1, 0.15) is 48.0 Å². The lowest BCUT2D eigenvalue weighted by molar-refractivity contribution is -0.127. The number of hydrogen-bond acceptors (Lipinski definition) is 3. The van der Waals surface area contributed by atoms with Crippen LogP contribution in [-0.2, 0) is 4.79 Å². The molecular formula is C23H28N2O2S. The molecule has 0 radical (unpaired) electrons. The van der Waals surface area contributed by atoms with Crippen molar-refractivity contribution in [2.45, 2.75) is 37.0 Å². The molecule has 0 saturated carbocycles. The Morgan fingerprint density at radius 2 is 1.71 bits per heavy atom. The van der Waals surface area contributed by atoms with Crippen LogP contribution in [0.3, 0.4) is 0 Å². The monoisotopic (exact) mass is 396 g/mol. The molecule has 1 aliphatic heterocycles. The van der Waals surface area contributed by atoms with Gasteiger partial charge < -0.3 is 10.2 Å². The van der Waals surface area contributed by atoms with E-state index in [1.54, 1.807) is 0 Å². The van der Waals surface area contributed by atoms with E-state index in [1.165, 1.54) is 17.3 Å². The molecule has 2 aromatic carbocycles. The van der Waals surface area contributed by atoms with Crippen LogP contribution in [0.5, 0.6) is 0 Å². The number of nitrogens with one attached hydrogen (secondary N) is 1. The Balaban J connectivity index is 1.59. The molecule has 5 heteroatoms. The highest BCUT2D eigenvalue weighted by molar-refractivity contribution is 8.00. The molecule has 1 N–H and O–H groups in total. The van der Waals surface area contributed by atoms with Crippen molar-refractivity contribution < 1.29 is 9.59 Å². The Kier molecular flexibility index (Phi) is 7.54. The second kappa shape index (κ2) is 10.3. The normalized spacial score (nSPS) is 14.7. The Bertz CT molecular complexity index is 788. The highest BCUT2D eigenvalue weighted by Gasteiger charge is 2.19. The van der Waals surface area contributed by atoms with E-state index in [2.05, 4.69) is 24.4 Å². The maximum atomic E-state index is 12.8. The molecule has 148 valence electrons. The maximum absolute atomic E-state index is 12.8. The molecule has 0 spiro atoms. The molecule has 1 aliphatic rings. The number of hydrogen-bond donors (Lipinski definition) is 1. The maximum Gasteiger partial charge on any atom is 0.252 e. The zero-order chi connectivity index (χ0) is 19.8. The van der Waals surface area contributed by atoms with E-state index in [-0.39, 0.29) is 11.8 Å². The van der Waals surface area contributed by atoms with Crippen molar-refractivity contribution in [2.24, 2.45) is 0 Å². The number of amides is 2. The third kappa shape index (κ3) is 5.38. The second-order valence-electron chi connectivity index (χ2n) is 7.10. The molecule has 1 fully saturated rings. The first kappa shape index (κ1) is 20.5. The van der Waals surface area contributed by atoms with Crippen LogP contribution in [0.15, 0.2) is 59.5 Å². The predicted molar refractivity (Wildman–Crippen MR) is 115 cm³/mol. The average molecular weight is 397 g/mol. The van der Waals surface area contributed by atoms with Crippen LogP contribution in [-0.4, -0.2) is 42.1 Å². The third-order valence-electron chi connectivity index (χ3n) is 5.21. The first-order valence-corrected chi connectivity index (χ1v) is 11.0. The van der Waals surface area contributed by atoms with Crippen molar-refractivity contribution >= 4 is 23.6 Å². The standard InChI is InChI=1S/C23H28N2O2S/c1-2-18(19-10-4-3-5-11-19)16-24-23(27)20-12-6-7-13-21(20)28-17-22(26)25-14-8-9-15-25/h3-7,10-13,18H,2,8-9,14-17H2,1H3,(H,24,27)/t18-/m0/s1. The molecule has 28 heavy (non-hydrogen) atoms. The minimum absolute atomic E-state index is 0.0777. The van der Waals surface area contributed by atoms with Crippen LogP contribution < -0.4 is 5.32 Å². The summed E-state index contributed by atoms with van der Waals surface area (Å²) in [7, 11) is 0. The summed E-state index contributed by atoms with van der Waals surface area (Å²) in [4.78, 5) is 27.9. The minimum Gasteiger partial charge on any atom is -0.351 e. The van der Waals surface area contributed by atoms with Crippen LogP contribution in [0, 0.1) is 0 Å². The molecule has 4 nitrogen and oxygen atoms in total. The summed E-state index contributed by atoms with van der Waals surface area (Å²) in [5, 5.41) is 3.08. The van der Waals surface area contributed by atoms with Gasteiger partial charge in [0.15, 0.2) is 0 Å². The van der Waals surface area contributed by atoms with Gasteiger partial charge in [0.25, 0.3) is 5.91 Å². The van der Waals surface area contributed by atoms with Gasteiger partial charge in [0.1, 0.15) is 0 Å². The van der Waals surface area contributed by atoms with E-state index >= 15 is 0 Å². The van der Waals surface area contributed by atoms with Crippen molar-refractivity contribution in [3.05, 3.63) is 65.7 Å². The quantitative estimate of drug-likeness (QED) is 0.676. The molecule has 2 amide bonds. The van der Waals surface area contributed by atoms with Gasteiger partial charge in [-0.25, -0.2) is 0 Å². The van der Waals surface area contributed by atoms with Crippen molar-refractivity contribution in [3.63, 3.8) is 0 Å². The number of likely N-dealkylation sites (tertiary alicyclic amines) is 1. The SMILES string of the molecule is CC[C@@H](CNC(=O)c1ccccc1SCC(=O)N1CCCC1)c1ccccc1. The first-order valence-electron chi connectivity index (χ1n) is 10.0. The van der Waals surface area contributed by atoms with Gasteiger partial charge in [0.2, 0.25) is 5.91 Å². The zero-order valence-corrected chi connectivity index (χ0v) is 17.2. The fraction of sp³-hybridized carbons (Fsp3) is 0.391. The van der Waals surface area contributed by atoms with Crippen LogP contribution in [0.4, 0.5) is 0 Å². The minimum atomic E-state index is -0.0777. The van der Waals surface area contributed by atoms with E-state index in [4.69, 9.17) is 0 Å². The molecule has 0 bridgehead atoms. The molecule has 1 atom stereocenters. The third-order valence-corrected chi connectivity index (χ3v) is 6.27. The Morgan fingerprint density at radius 1 is 1.04 bits per heavy atom. The lowest BCUT2D eigenvalue weighted by Gasteiger charge is -2.17. The van der Waals surface area contributed by atoms with Gasteiger partial charge in [-0.15, -0.1) is 11.8 Å². The average Bonchev–Trinajstić information content (AvgIpc) is 3.28. The van der Waals surface area contributed by atoms with E-state index in [9.17, 15) is 9.59 Å². The van der Waals surface area contributed by atoms with Gasteiger partial charge in [-0.1, -0.05) is 49.4 Å². The lowest BCUT2D eigenvalue weighted by Crippen LogP contribution is -2.30. The summed E-state index contributed by atoms with van der Waals surface area (Å²) >= 11 is 1.45. The summed E-state index contributed by atoms with van der Waals surface area (Å²) in [5.74, 6) is 0.756. The number of nitrogens with zero attached hydrogens (tertiary/aromatic N) is 1. The van der Waals surface area contributed by atoms with Gasteiger partial charge >= 0.3 is 0 Å². The van der Waals surface area contributed by atoms with Gasteiger partial charge in [0.05, 0.1) is 11.3 Å². The number of carbonyl (C=O) groups is 2. The van der Waals surface area contributed by atoms with Gasteiger partial charge in [-0.2, -0.15) is 0 Å². The van der Waals surface area contributed by atoms with Crippen molar-refractivity contribution in [2.75, 3.05) is 25.4 Å². The van der Waals surface area contributed by atoms with Crippen LogP contribution in [0.25, 0.3) is 0 Å². The summed E-state index contributed by atoms with van der Waals surface area (Å²) < 4.78 is 0. The Morgan fingerprint density at radius 3 is 2.43 bits per heavy atom. The van der Waals surface area contributed by atoms with Crippen LogP contribution in [0.2, 0.25) is 0 Å². The number of thioether (sulfide) groups is 1. The Labute approximate surface area is 171 Å². The summed E-state index contributed by atoms with van der Waals surface area (Å²) in [6.45, 7) is 4.46. The molecule has 1 saturated heterocycles.